The summed E-state index contributed by atoms with van der Waals surface area (Å²) in [7, 11) is 0. The van der Waals surface area contributed by atoms with E-state index >= 15 is 0 Å². The summed E-state index contributed by atoms with van der Waals surface area (Å²) in [6, 6.07) is 15.2. The zero-order valence-corrected chi connectivity index (χ0v) is 21.5. The lowest BCUT2D eigenvalue weighted by Gasteiger charge is -2.37. The van der Waals surface area contributed by atoms with Crippen molar-refractivity contribution in [3.63, 3.8) is 0 Å². The van der Waals surface area contributed by atoms with Crippen molar-refractivity contribution in [3.05, 3.63) is 81.2 Å². The first-order valence-corrected chi connectivity index (χ1v) is 12.8. The molecule has 35 heavy (non-hydrogen) atoms. The topological polar surface area (TPSA) is 79.5 Å². The lowest BCUT2D eigenvalue weighted by atomic mass is 9.75. The molecule has 3 N–H and O–H groups in total. The van der Waals surface area contributed by atoms with Crippen LogP contribution in [0.15, 0.2) is 60.0 Å². The normalized spacial score (nSPS) is 19.3. The Labute approximate surface area is 216 Å². The van der Waals surface area contributed by atoms with Gasteiger partial charge in [0.2, 0.25) is 5.76 Å². The highest BCUT2D eigenvalue weighted by Crippen LogP contribution is 2.46. The number of ether oxygens (including phenoxy) is 1. The highest BCUT2D eigenvalue weighted by atomic mass is 35.5. The molecule has 4 rings (SSSR count). The average molecular weight is 516 g/mol. The van der Waals surface area contributed by atoms with Gasteiger partial charge in [-0.2, -0.15) is 0 Å². The van der Waals surface area contributed by atoms with E-state index in [4.69, 9.17) is 27.9 Å². The second-order valence-electron chi connectivity index (χ2n) is 9.60. The Morgan fingerprint density at radius 3 is 2.46 bits per heavy atom. The number of rotatable bonds is 8. The van der Waals surface area contributed by atoms with Crippen LogP contribution in [-0.4, -0.2) is 24.0 Å². The number of nitrogens with one attached hydrogen (secondary N) is 3. The number of halogens is 2. The zero-order chi connectivity index (χ0) is 25.0. The number of hydrogen-bond donors (Lipinski definition) is 3. The van der Waals surface area contributed by atoms with Crippen LogP contribution >= 0.6 is 23.2 Å². The zero-order valence-electron chi connectivity index (χ0n) is 20.0. The Bertz CT molecular complexity index is 1110. The van der Waals surface area contributed by atoms with Crippen molar-refractivity contribution < 1.29 is 14.3 Å². The van der Waals surface area contributed by atoms with Gasteiger partial charge in [0.05, 0.1) is 10.0 Å². The van der Waals surface area contributed by atoms with Crippen LogP contribution in [0.1, 0.15) is 57.1 Å². The van der Waals surface area contributed by atoms with Gasteiger partial charge in [0.15, 0.2) is 0 Å². The van der Waals surface area contributed by atoms with Gasteiger partial charge >= 0.3 is 0 Å². The Hall–Kier alpha value is -2.70. The summed E-state index contributed by atoms with van der Waals surface area (Å²) < 4.78 is 5.87. The fourth-order valence-corrected chi connectivity index (χ4v) is 5.26. The van der Waals surface area contributed by atoms with Crippen molar-refractivity contribution >= 4 is 35.0 Å². The monoisotopic (exact) mass is 515 g/mol. The Kier molecular flexibility index (Phi) is 7.92. The van der Waals surface area contributed by atoms with Gasteiger partial charge in [-0.15, -0.1) is 0 Å². The third-order valence-electron chi connectivity index (χ3n) is 6.62. The second-order valence-corrected chi connectivity index (χ2v) is 10.4. The number of amides is 2. The van der Waals surface area contributed by atoms with Crippen molar-refractivity contribution in [1.82, 2.24) is 16.0 Å². The fourth-order valence-electron chi connectivity index (χ4n) is 4.96. The molecule has 1 aliphatic carbocycles. The third-order valence-corrected chi connectivity index (χ3v) is 7.36. The third kappa shape index (κ3) is 5.93. The predicted molar refractivity (Wildman–Crippen MR) is 138 cm³/mol. The maximum absolute atomic E-state index is 13.2. The molecule has 2 aromatic rings. The van der Waals surface area contributed by atoms with E-state index in [-0.39, 0.29) is 35.4 Å². The molecule has 2 amide bonds. The molecule has 1 atom stereocenters. The molecule has 1 heterocycles. The van der Waals surface area contributed by atoms with E-state index in [1.54, 1.807) is 0 Å². The van der Waals surface area contributed by atoms with E-state index in [0.29, 0.717) is 16.5 Å². The lowest BCUT2D eigenvalue weighted by molar-refractivity contribution is -0.126. The first-order valence-electron chi connectivity index (χ1n) is 12.0. The fraction of sp³-hybridized carbons (Fsp3) is 0.407. The highest BCUT2D eigenvalue weighted by molar-refractivity contribution is 6.42. The molecule has 1 unspecified atom stereocenters. The van der Waals surface area contributed by atoms with Crippen molar-refractivity contribution in [3.8, 4) is 0 Å². The largest absolute Gasteiger partial charge is 0.481 e. The van der Waals surface area contributed by atoms with Gasteiger partial charge in [0, 0.05) is 6.04 Å². The lowest BCUT2D eigenvalue weighted by Crippen LogP contribution is -2.56. The van der Waals surface area contributed by atoms with E-state index in [9.17, 15) is 9.59 Å². The maximum atomic E-state index is 13.2. The maximum Gasteiger partial charge on any atom is 0.290 e. The van der Waals surface area contributed by atoms with Gasteiger partial charge in [0.1, 0.15) is 18.5 Å². The van der Waals surface area contributed by atoms with Crippen LogP contribution in [0, 0.1) is 0 Å². The van der Waals surface area contributed by atoms with Gasteiger partial charge in [-0.25, -0.2) is 0 Å². The molecule has 6 nitrogen and oxygen atoms in total. The van der Waals surface area contributed by atoms with Crippen LogP contribution in [0.25, 0.3) is 0 Å². The number of hydrogen-bond acceptors (Lipinski definition) is 4. The van der Waals surface area contributed by atoms with Crippen molar-refractivity contribution in [2.24, 2.45) is 0 Å². The molecule has 186 valence electrons. The van der Waals surface area contributed by atoms with Crippen LogP contribution in [0.2, 0.25) is 10.0 Å². The minimum Gasteiger partial charge on any atom is -0.481 e. The summed E-state index contributed by atoms with van der Waals surface area (Å²) in [6.45, 7) is 3.93. The molecule has 1 saturated carbocycles. The molecule has 1 fully saturated rings. The van der Waals surface area contributed by atoms with E-state index in [0.717, 1.165) is 36.8 Å². The molecule has 0 radical (unpaired) electrons. The van der Waals surface area contributed by atoms with E-state index in [1.165, 1.54) is 0 Å². The Morgan fingerprint density at radius 1 is 1.09 bits per heavy atom. The van der Waals surface area contributed by atoms with Crippen LogP contribution < -0.4 is 16.0 Å². The Morgan fingerprint density at radius 2 is 1.80 bits per heavy atom. The van der Waals surface area contributed by atoms with E-state index in [2.05, 4.69) is 16.0 Å². The minimum absolute atomic E-state index is 0.00161. The van der Waals surface area contributed by atoms with Crippen molar-refractivity contribution in [2.75, 3.05) is 0 Å². The smallest absolute Gasteiger partial charge is 0.290 e. The quantitative estimate of drug-likeness (QED) is 0.451. The molecule has 2 aliphatic rings. The summed E-state index contributed by atoms with van der Waals surface area (Å²) in [4.78, 5) is 26.3. The van der Waals surface area contributed by atoms with Gasteiger partial charge in [-0.05, 0) is 61.8 Å². The minimum atomic E-state index is -0.438. The van der Waals surface area contributed by atoms with Gasteiger partial charge in [-0.1, -0.05) is 72.4 Å². The summed E-state index contributed by atoms with van der Waals surface area (Å²) in [6.07, 6.45) is 4.28. The molecule has 0 saturated heterocycles. The molecule has 0 spiro atoms. The molecule has 1 aliphatic heterocycles. The summed E-state index contributed by atoms with van der Waals surface area (Å²) in [5, 5.41) is 10.2. The predicted octanol–water partition coefficient (Wildman–Crippen LogP) is 5.19. The van der Waals surface area contributed by atoms with Gasteiger partial charge < -0.3 is 20.7 Å². The number of benzene rings is 2. The molecule has 0 bridgehead atoms. The van der Waals surface area contributed by atoms with E-state index < -0.39 is 12.1 Å². The van der Waals surface area contributed by atoms with Crippen LogP contribution in [0.5, 0.6) is 0 Å². The number of carbonyl (C=O) groups is 2. The number of carbonyl (C=O) groups excluding carboxylic acids is 2. The first-order chi connectivity index (χ1) is 16.8. The molecular weight excluding hydrogens is 485 g/mol. The summed E-state index contributed by atoms with van der Waals surface area (Å²) in [5.74, 6) is -0.767. The van der Waals surface area contributed by atoms with Crippen molar-refractivity contribution in [2.45, 2.75) is 70.2 Å². The van der Waals surface area contributed by atoms with Crippen molar-refractivity contribution in [1.29, 1.82) is 0 Å². The Balaban J connectivity index is 1.60. The van der Waals surface area contributed by atoms with Crippen LogP contribution in [0.4, 0.5) is 0 Å². The average Bonchev–Trinajstić information content (AvgIpc) is 3.29. The molecule has 2 aromatic carbocycles. The van der Waals surface area contributed by atoms with Gasteiger partial charge in [0.25, 0.3) is 11.8 Å². The second kappa shape index (κ2) is 10.9. The molecule has 0 aromatic heterocycles. The standard InChI is InChI=1S/C27H31Cl2N3O3/c1-17(2)30-25(33)23-24(35-16-18-8-4-3-5-9-18)26(34)32-22(31-23)15-27(12-6-7-13-27)19-10-11-20(28)21(29)14-19/h3-5,8-11,14,17,22,31H,6-7,12-13,15-16H2,1-2H3,(H,30,33)(H,32,34). The first kappa shape index (κ1) is 25.4. The van der Waals surface area contributed by atoms with E-state index in [1.807, 2.05) is 62.4 Å². The summed E-state index contributed by atoms with van der Waals surface area (Å²) >= 11 is 12.5. The molecular formula is C27H31Cl2N3O3. The van der Waals surface area contributed by atoms with Crippen LogP contribution in [-0.2, 0) is 26.3 Å². The molecule has 8 heteroatoms. The SMILES string of the molecule is CC(C)NC(=O)C1=C(OCc2ccccc2)C(=O)NC(CC2(c3ccc(Cl)c(Cl)c3)CCCC2)N1. The highest BCUT2D eigenvalue weighted by Gasteiger charge is 2.41. The van der Waals surface area contributed by atoms with Crippen LogP contribution in [0.3, 0.4) is 0 Å². The summed E-state index contributed by atoms with van der Waals surface area (Å²) in [5.41, 5.74) is 1.98. The van der Waals surface area contributed by atoms with Gasteiger partial charge in [-0.3, -0.25) is 9.59 Å².